The minimum Gasteiger partial charge on any atom is -0.450 e. The molecule has 2 aliphatic rings. The fraction of sp³-hybridized carbons (Fsp3) is 0.500. The fourth-order valence-electron chi connectivity index (χ4n) is 3.84. The van der Waals surface area contributed by atoms with Crippen LogP contribution in [0.25, 0.3) is 0 Å². The molecule has 1 saturated heterocycles. The molecule has 0 saturated carbocycles. The number of nitrogens with one attached hydrogen (secondary N) is 1. The van der Waals surface area contributed by atoms with Crippen LogP contribution in [0.15, 0.2) is 41.5 Å². The Morgan fingerprint density at radius 1 is 1.21 bits per heavy atom. The van der Waals surface area contributed by atoms with Crippen molar-refractivity contribution in [2.45, 2.75) is 38.7 Å². The zero-order valence-corrected chi connectivity index (χ0v) is 17.0. The molecule has 1 aromatic rings. The van der Waals surface area contributed by atoms with Crippen LogP contribution < -0.4 is 5.32 Å². The van der Waals surface area contributed by atoms with Gasteiger partial charge >= 0.3 is 5.97 Å². The number of hydrogen-bond donors (Lipinski definition) is 1. The molecule has 0 aliphatic carbocycles. The highest BCUT2D eigenvalue weighted by atomic mass is 32.2. The first-order valence-corrected chi connectivity index (χ1v) is 11.1. The van der Waals surface area contributed by atoms with Gasteiger partial charge < -0.3 is 10.1 Å². The van der Waals surface area contributed by atoms with Gasteiger partial charge in [0.15, 0.2) is 0 Å². The number of carbonyl (C=O) groups is 2. The molecule has 0 unspecified atom stereocenters. The second-order valence-corrected chi connectivity index (χ2v) is 9.43. The van der Waals surface area contributed by atoms with E-state index in [2.05, 4.69) is 5.32 Å². The Morgan fingerprint density at radius 3 is 2.46 bits per heavy atom. The third-order valence-electron chi connectivity index (χ3n) is 5.48. The summed E-state index contributed by atoms with van der Waals surface area (Å²) in [4.78, 5) is 25.1. The van der Waals surface area contributed by atoms with Gasteiger partial charge in [0.2, 0.25) is 10.0 Å². The normalized spacial score (nSPS) is 19.7. The maximum atomic E-state index is 12.9. The molecule has 28 heavy (non-hydrogen) atoms. The number of esters is 1. The number of piperidine rings is 1. The SMILES string of the molecule is CCS(=O)(=O)N1CCC2(CC1)OC(=O)C(C)=C2C(=O)NCCc1ccccc1. The Balaban J connectivity index is 1.69. The van der Waals surface area contributed by atoms with Crippen molar-refractivity contribution in [3.8, 4) is 0 Å². The predicted octanol–water partition coefficient (Wildman–Crippen LogP) is 1.40. The summed E-state index contributed by atoms with van der Waals surface area (Å²) in [6.45, 7) is 4.11. The molecule has 1 spiro atoms. The molecule has 0 radical (unpaired) electrons. The van der Waals surface area contributed by atoms with Gasteiger partial charge in [0, 0.05) is 38.0 Å². The van der Waals surface area contributed by atoms with Crippen molar-refractivity contribution in [1.29, 1.82) is 0 Å². The Labute approximate surface area is 165 Å². The standard InChI is InChI=1S/C20H26N2O5S/c1-3-28(25,26)22-13-10-20(11-14-22)17(15(2)19(24)27-20)18(23)21-12-9-16-7-5-4-6-8-16/h4-8H,3,9-14H2,1-2H3,(H,21,23). The highest BCUT2D eigenvalue weighted by Crippen LogP contribution is 2.41. The molecule has 2 aliphatic heterocycles. The quantitative estimate of drug-likeness (QED) is 0.721. The zero-order valence-electron chi connectivity index (χ0n) is 16.2. The largest absolute Gasteiger partial charge is 0.450 e. The molecule has 1 amide bonds. The lowest BCUT2D eigenvalue weighted by Gasteiger charge is -2.38. The number of ether oxygens (including phenoxy) is 1. The van der Waals surface area contributed by atoms with E-state index >= 15 is 0 Å². The van der Waals surface area contributed by atoms with Crippen molar-refractivity contribution in [2.24, 2.45) is 0 Å². The molecule has 1 aromatic carbocycles. The molecule has 3 rings (SSSR count). The van der Waals surface area contributed by atoms with Crippen molar-refractivity contribution in [3.63, 3.8) is 0 Å². The van der Waals surface area contributed by atoms with Crippen molar-refractivity contribution in [3.05, 3.63) is 47.0 Å². The van der Waals surface area contributed by atoms with Crippen LogP contribution in [0.5, 0.6) is 0 Å². The maximum absolute atomic E-state index is 12.9. The van der Waals surface area contributed by atoms with Crippen molar-refractivity contribution >= 4 is 21.9 Å². The summed E-state index contributed by atoms with van der Waals surface area (Å²) < 4.78 is 31.2. The van der Waals surface area contributed by atoms with Gasteiger partial charge in [-0.05, 0) is 25.8 Å². The van der Waals surface area contributed by atoms with Gasteiger partial charge in [0.1, 0.15) is 5.60 Å². The molecular weight excluding hydrogens is 380 g/mol. The second kappa shape index (κ2) is 8.05. The number of amides is 1. The van der Waals surface area contributed by atoms with Gasteiger partial charge in [-0.25, -0.2) is 17.5 Å². The van der Waals surface area contributed by atoms with E-state index in [1.54, 1.807) is 13.8 Å². The molecule has 1 N–H and O–H groups in total. The second-order valence-electron chi connectivity index (χ2n) is 7.17. The van der Waals surface area contributed by atoms with Crippen LogP contribution in [-0.4, -0.2) is 55.6 Å². The molecule has 1 fully saturated rings. The summed E-state index contributed by atoms with van der Waals surface area (Å²) in [5.41, 5.74) is 0.737. The molecule has 0 atom stereocenters. The Bertz CT molecular complexity index is 884. The zero-order chi connectivity index (χ0) is 20.4. The van der Waals surface area contributed by atoms with Crippen LogP contribution in [0.2, 0.25) is 0 Å². The van der Waals surface area contributed by atoms with Gasteiger partial charge in [-0.1, -0.05) is 30.3 Å². The average Bonchev–Trinajstić information content (AvgIpc) is 2.92. The summed E-state index contributed by atoms with van der Waals surface area (Å²) in [5.74, 6) is -0.785. The van der Waals surface area contributed by atoms with Crippen molar-refractivity contribution in [1.82, 2.24) is 9.62 Å². The molecule has 2 heterocycles. The first-order valence-electron chi connectivity index (χ1n) is 9.54. The lowest BCUT2D eigenvalue weighted by atomic mass is 9.83. The summed E-state index contributed by atoms with van der Waals surface area (Å²) in [5, 5.41) is 2.89. The highest BCUT2D eigenvalue weighted by molar-refractivity contribution is 7.89. The monoisotopic (exact) mass is 406 g/mol. The summed E-state index contributed by atoms with van der Waals surface area (Å²) >= 11 is 0. The molecule has 7 nitrogen and oxygen atoms in total. The molecular formula is C20H26N2O5S. The van der Waals surface area contributed by atoms with E-state index in [0.717, 1.165) is 5.56 Å². The number of nitrogens with zero attached hydrogens (tertiary/aromatic N) is 1. The first-order chi connectivity index (χ1) is 13.3. The fourth-order valence-corrected chi connectivity index (χ4v) is 4.94. The van der Waals surface area contributed by atoms with E-state index in [-0.39, 0.29) is 37.6 Å². The highest BCUT2D eigenvalue weighted by Gasteiger charge is 2.51. The van der Waals surface area contributed by atoms with E-state index in [1.165, 1.54) is 4.31 Å². The molecule has 152 valence electrons. The topological polar surface area (TPSA) is 92.8 Å². The van der Waals surface area contributed by atoms with Crippen LogP contribution in [0.3, 0.4) is 0 Å². The number of benzene rings is 1. The van der Waals surface area contributed by atoms with Crippen molar-refractivity contribution < 1.29 is 22.7 Å². The number of rotatable bonds is 6. The minimum absolute atomic E-state index is 0.0292. The molecule has 0 bridgehead atoms. The lowest BCUT2D eigenvalue weighted by Crippen LogP contribution is -2.50. The van der Waals surface area contributed by atoms with Gasteiger partial charge in [0.25, 0.3) is 5.91 Å². The Morgan fingerprint density at radius 2 is 1.86 bits per heavy atom. The Kier molecular flexibility index (Phi) is 5.90. The Hall–Kier alpha value is -2.19. The van der Waals surface area contributed by atoms with Crippen LogP contribution in [0.1, 0.15) is 32.3 Å². The predicted molar refractivity (Wildman–Crippen MR) is 105 cm³/mol. The van der Waals surface area contributed by atoms with Crippen LogP contribution >= 0.6 is 0 Å². The van der Waals surface area contributed by atoms with Gasteiger partial charge in [0.05, 0.1) is 11.3 Å². The number of sulfonamides is 1. The summed E-state index contributed by atoms with van der Waals surface area (Å²) in [6, 6.07) is 9.81. The van der Waals surface area contributed by atoms with Crippen LogP contribution in [0.4, 0.5) is 0 Å². The number of hydrogen-bond acceptors (Lipinski definition) is 5. The van der Waals surface area contributed by atoms with Crippen LogP contribution in [-0.2, 0) is 30.8 Å². The first kappa shape index (κ1) is 20.5. The minimum atomic E-state index is -3.30. The molecule has 0 aromatic heterocycles. The van der Waals surface area contributed by atoms with Crippen LogP contribution in [0, 0.1) is 0 Å². The molecule has 8 heteroatoms. The van der Waals surface area contributed by atoms with E-state index in [0.29, 0.717) is 24.1 Å². The van der Waals surface area contributed by atoms with Crippen molar-refractivity contribution in [2.75, 3.05) is 25.4 Å². The average molecular weight is 407 g/mol. The smallest absolute Gasteiger partial charge is 0.335 e. The summed E-state index contributed by atoms with van der Waals surface area (Å²) in [6.07, 6.45) is 1.26. The van der Waals surface area contributed by atoms with E-state index in [9.17, 15) is 18.0 Å². The van der Waals surface area contributed by atoms with Gasteiger partial charge in [-0.15, -0.1) is 0 Å². The maximum Gasteiger partial charge on any atom is 0.335 e. The van der Waals surface area contributed by atoms with E-state index in [4.69, 9.17) is 4.74 Å². The number of carbonyl (C=O) groups excluding carboxylic acids is 2. The third-order valence-corrected chi connectivity index (χ3v) is 7.36. The van der Waals surface area contributed by atoms with Gasteiger partial charge in [-0.3, -0.25) is 4.79 Å². The van der Waals surface area contributed by atoms with E-state index < -0.39 is 21.6 Å². The third kappa shape index (κ3) is 3.98. The van der Waals surface area contributed by atoms with Gasteiger partial charge in [-0.2, -0.15) is 0 Å². The van der Waals surface area contributed by atoms with E-state index in [1.807, 2.05) is 30.3 Å². The summed E-state index contributed by atoms with van der Waals surface area (Å²) in [7, 11) is -3.30. The lowest BCUT2D eigenvalue weighted by molar-refractivity contribution is -0.150.